The van der Waals surface area contributed by atoms with Crippen molar-refractivity contribution in [2.24, 2.45) is 0 Å². The monoisotopic (exact) mass is 402 g/mol. The van der Waals surface area contributed by atoms with Gasteiger partial charge in [0.1, 0.15) is 0 Å². The summed E-state index contributed by atoms with van der Waals surface area (Å²) in [6.45, 7) is 4.25. The van der Waals surface area contributed by atoms with Crippen LogP contribution in [0, 0.1) is 0 Å². The third-order valence-corrected chi connectivity index (χ3v) is 4.44. The van der Waals surface area contributed by atoms with Crippen molar-refractivity contribution >= 4 is 23.5 Å². The number of carbonyl (C=O) groups is 2. The van der Waals surface area contributed by atoms with Crippen LogP contribution < -0.4 is 5.32 Å². The Labute approximate surface area is 169 Å². The highest BCUT2D eigenvalue weighted by molar-refractivity contribution is 6.30. The maximum atomic E-state index is 9.55. The van der Waals surface area contributed by atoms with Gasteiger partial charge < -0.3 is 15.5 Å². The fraction of sp³-hybridized carbons (Fsp3) is 0.238. The first-order valence-corrected chi connectivity index (χ1v) is 9.24. The number of halogens is 1. The highest BCUT2D eigenvalue weighted by Gasteiger charge is 2.23. The van der Waals surface area contributed by atoms with Crippen LogP contribution in [-0.2, 0) is 9.59 Å². The fourth-order valence-corrected chi connectivity index (χ4v) is 3.10. The average molecular weight is 403 g/mol. The number of nitrogens with zero attached hydrogens (tertiary/aromatic N) is 1. The van der Waals surface area contributed by atoms with E-state index in [0.29, 0.717) is 18.2 Å². The quantitative estimate of drug-likeness (QED) is 0.666. The van der Waals surface area contributed by atoms with Crippen molar-refractivity contribution in [1.82, 2.24) is 10.2 Å². The van der Waals surface area contributed by atoms with Crippen LogP contribution in [0.25, 0.3) is 0 Å². The second-order valence-corrected chi connectivity index (χ2v) is 6.60. The van der Waals surface area contributed by atoms with Crippen molar-refractivity contribution in [3.05, 3.63) is 82.9 Å². The molecule has 1 aliphatic heterocycles. The number of carboxylic acid groups (broad SMARTS) is 2. The zero-order valence-electron chi connectivity index (χ0n) is 15.3. The van der Waals surface area contributed by atoms with E-state index in [-0.39, 0.29) is 0 Å². The Morgan fingerprint density at radius 1 is 0.893 bits per heavy atom. The van der Waals surface area contributed by atoms with E-state index >= 15 is 0 Å². The third-order valence-electron chi connectivity index (χ3n) is 4.19. The molecule has 3 rings (SSSR count). The van der Waals surface area contributed by atoms with Crippen LogP contribution in [0.2, 0.25) is 5.02 Å². The van der Waals surface area contributed by atoms with Crippen LogP contribution in [0.1, 0.15) is 17.2 Å². The number of carboxylic acids is 2. The number of nitrogens with one attached hydrogen (secondary N) is 1. The maximum Gasteiger partial charge on any atom is 0.328 e. The molecule has 0 aliphatic carbocycles. The molecule has 0 spiro atoms. The lowest BCUT2D eigenvalue weighted by atomic mass is 9.96. The van der Waals surface area contributed by atoms with Crippen molar-refractivity contribution in [2.45, 2.75) is 6.04 Å². The van der Waals surface area contributed by atoms with Crippen LogP contribution >= 0.6 is 11.6 Å². The summed E-state index contributed by atoms with van der Waals surface area (Å²) in [5.74, 6) is -2.51. The Hall–Kier alpha value is -2.67. The van der Waals surface area contributed by atoms with Gasteiger partial charge in [0.05, 0.1) is 6.04 Å². The first kappa shape index (κ1) is 21.6. The molecule has 1 saturated heterocycles. The molecule has 3 N–H and O–H groups in total. The molecule has 0 amide bonds. The Balaban J connectivity index is 0.000000300. The molecule has 0 saturated carbocycles. The minimum atomic E-state index is -1.26. The van der Waals surface area contributed by atoms with E-state index in [0.717, 1.165) is 31.2 Å². The molecule has 0 aromatic heterocycles. The first-order chi connectivity index (χ1) is 13.5. The van der Waals surface area contributed by atoms with Crippen LogP contribution in [0.15, 0.2) is 66.7 Å². The molecular weight excluding hydrogens is 380 g/mol. The number of aliphatic carboxylic acids is 2. The predicted octanol–water partition coefficient (Wildman–Crippen LogP) is 3.05. The summed E-state index contributed by atoms with van der Waals surface area (Å²) in [6, 6.07) is 19.3. The van der Waals surface area contributed by atoms with Crippen molar-refractivity contribution in [1.29, 1.82) is 0 Å². The molecule has 148 valence electrons. The molecule has 1 fully saturated rings. The maximum absolute atomic E-state index is 9.55. The minimum absolute atomic E-state index is 0.315. The van der Waals surface area contributed by atoms with Crippen molar-refractivity contribution in [3.8, 4) is 0 Å². The summed E-state index contributed by atoms with van der Waals surface area (Å²) >= 11 is 6.02. The van der Waals surface area contributed by atoms with E-state index in [1.807, 2.05) is 12.1 Å². The number of hydrogen-bond acceptors (Lipinski definition) is 4. The SMILES string of the molecule is Clc1ccc([C@H](c2ccccc2)N2CCNCC2)cc1.O=C(O)/C=C/C(=O)O. The lowest BCUT2D eigenvalue weighted by Crippen LogP contribution is -2.45. The predicted molar refractivity (Wildman–Crippen MR) is 109 cm³/mol. The van der Waals surface area contributed by atoms with Crippen molar-refractivity contribution in [3.63, 3.8) is 0 Å². The summed E-state index contributed by atoms with van der Waals surface area (Å²) < 4.78 is 0. The molecular formula is C21H23ClN2O4. The lowest BCUT2D eigenvalue weighted by Gasteiger charge is -2.35. The summed E-state index contributed by atoms with van der Waals surface area (Å²) in [4.78, 5) is 21.6. The van der Waals surface area contributed by atoms with E-state index in [9.17, 15) is 9.59 Å². The van der Waals surface area contributed by atoms with Gasteiger partial charge in [-0.1, -0.05) is 54.1 Å². The van der Waals surface area contributed by atoms with Gasteiger partial charge >= 0.3 is 11.9 Å². The second kappa shape index (κ2) is 11.2. The molecule has 1 atom stereocenters. The van der Waals surface area contributed by atoms with E-state index in [2.05, 4.69) is 52.7 Å². The van der Waals surface area contributed by atoms with Gasteiger partial charge in [0.2, 0.25) is 0 Å². The van der Waals surface area contributed by atoms with Crippen LogP contribution in [0.4, 0.5) is 0 Å². The summed E-state index contributed by atoms with van der Waals surface area (Å²) in [5, 5.41) is 19.8. The molecule has 0 unspecified atom stereocenters. The molecule has 1 aliphatic rings. The van der Waals surface area contributed by atoms with Gasteiger partial charge in [-0.05, 0) is 23.3 Å². The number of piperazine rings is 1. The zero-order chi connectivity index (χ0) is 20.4. The van der Waals surface area contributed by atoms with Crippen LogP contribution in [0.5, 0.6) is 0 Å². The van der Waals surface area contributed by atoms with Gasteiger partial charge in [0.15, 0.2) is 0 Å². The van der Waals surface area contributed by atoms with E-state index < -0.39 is 11.9 Å². The van der Waals surface area contributed by atoms with E-state index in [1.54, 1.807) is 0 Å². The summed E-state index contributed by atoms with van der Waals surface area (Å²) in [7, 11) is 0. The molecule has 6 nitrogen and oxygen atoms in total. The molecule has 0 radical (unpaired) electrons. The second-order valence-electron chi connectivity index (χ2n) is 6.16. The van der Waals surface area contributed by atoms with E-state index in [4.69, 9.17) is 21.8 Å². The Kier molecular flexibility index (Phi) is 8.68. The van der Waals surface area contributed by atoms with E-state index in [1.165, 1.54) is 11.1 Å². The average Bonchev–Trinajstić information content (AvgIpc) is 2.70. The lowest BCUT2D eigenvalue weighted by molar-refractivity contribution is -0.134. The molecule has 2 aromatic rings. The standard InChI is InChI=1S/C17H19ClN2.C4H4O4/c18-16-8-6-15(7-9-16)17(14-4-2-1-3-5-14)20-12-10-19-11-13-20;5-3(6)1-2-4(7)8/h1-9,17,19H,10-13H2;1-2H,(H,5,6)(H,7,8)/b;2-1+/t17-;/m0./s1. The Bertz CT molecular complexity index is 772. The minimum Gasteiger partial charge on any atom is -0.478 e. The molecule has 1 heterocycles. The Morgan fingerprint density at radius 3 is 1.89 bits per heavy atom. The highest BCUT2D eigenvalue weighted by Crippen LogP contribution is 2.29. The summed E-state index contributed by atoms with van der Waals surface area (Å²) in [6.07, 6.45) is 1.12. The van der Waals surface area contributed by atoms with Gasteiger partial charge in [-0.25, -0.2) is 9.59 Å². The van der Waals surface area contributed by atoms with Gasteiger partial charge in [-0.2, -0.15) is 0 Å². The van der Waals surface area contributed by atoms with Gasteiger partial charge in [0, 0.05) is 43.4 Å². The van der Waals surface area contributed by atoms with Crippen molar-refractivity contribution in [2.75, 3.05) is 26.2 Å². The molecule has 7 heteroatoms. The Morgan fingerprint density at radius 2 is 1.39 bits per heavy atom. The number of benzene rings is 2. The molecule has 28 heavy (non-hydrogen) atoms. The largest absolute Gasteiger partial charge is 0.478 e. The zero-order valence-corrected chi connectivity index (χ0v) is 16.0. The number of rotatable bonds is 5. The topological polar surface area (TPSA) is 89.9 Å². The molecule has 0 bridgehead atoms. The van der Waals surface area contributed by atoms with Crippen molar-refractivity contribution < 1.29 is 19.8 Å². The van der Waals surface area contributed by atoms with Crippen LogP contribution in [-0.4, -0.2) is 53.2 Å². The van der Waals surface area contributed by atoms with Gasteiger partial charge in [-0.15, -0.1) is 0 Å². The molecule has 2 aromatic carbocycles. The normalized spacial score (nSPS) is 15.5. The smallest absolute Gasteiger partial charge is 0.328 e. The van der Waals surface area contributed by atoms with Gasteiger partial charge in [0.25, 0.3) is 0 Å². The highest BCUT2D eigenvalue weighted by atomic mass is 35.5. The summed E-state index contributed by atoms with van der Waals surface area (Å²) in [5.41, 5.74) is 2.65. The van der Waals surface area contributed by atoms with Gasteiger partial charge in [-0.3, -0.25) is 4.90 Å². The third kappa shape index (κ3) is 7.15. The van der Waals surface area contributed by atoms with Crippen LogP contribution in [0.3, 0.4) is 0 Å². The number of hydrogen-bond donors (Lipinski definition) is 3. The first-order valence-electron chi connectivity index (χ1n) is 8.86. The fourth-order valence-electron chi connectivity index (χ4n) is 2.98.